The molecule has 0 bridgehead atoms. The minimum absolute atomic E-state index is 0. The van der Waals surface area contributed by atoms with Crippen LogP contribution in [0.4, 0.5) is 0 Å². The zero-order valence-electron chi connectivity index (χ0n) is 18.7. The lowest BCUT2D eigenvalue weighted by atomic mass is 9.87. The summed E-state index contributed by atoms with van der Waals surface area (Å²) >= 11 is 1.76. The fourth-order valence-electron chi connectivity index (χ4n) is 4.80. The monoisotopic (exact) mass is 478 g/mol. The maximum absolute atomic E-state index is 12.1. The van der Waals surface area contributed by atoms with Crippen molar-refractivity contribution in [2.45, 2.75) is 39.0 Å². The Morgan fingerprint density at radius 2 is 1.88 bits per heavy atom. The summed E-state index contributed by atoms with van der Waals surface area (Å²) in [6.07, 6.45) is 4.36. The number of carboxylic acid groups (broad SMARTS) is 1. The zero-order chi connectivity index (χ0) is 22.2. The smallest absolute Gasteiger partial charge is 0.307 e. The molecule has 0 amide bonds. The molecule has 0 unspecified atom stereocenters. The Hall–Kier alpha value is -2.89. The molecule has 1 aliphatic carbocycles. The highest BCUT2D eigenvalue weighted by atomic mass is 35.5. The van der Waals surface area contributed by atoms with Crippen molar-refractivity contribution in [1.29, 1.82) is 0 Å². The average Bonchev–Trinajstić information content (AvgIpc) is 3.17. The first-order valence-electron chi connectivity index (χ1n) is 11.0. The quantitative estimate of drug-likeness (QED) is 0.477. The molecule has 33 heavy (non-hydrogen) atoms. The van der Waals surface area contributed by atoms with Crippen molar-refractivity contribution < 1.29 is 27.0 Å². The van der Waals surface area contributed by atoms with Gasteiger partial charge in [-0.1, -0.05) is 42.0 Å². The molecule has 0 aliphatic heterocycles. The summed E-state index contributed by atoms with van der Waals surface area (Å²) in [5, 5.41) is 11.0. The summed E-state index contributed by atoms with van der Waals surface area (Å²) in [6.45, 7) is 2.03. The molecule has 0 radical (unpaired) electrons. The number of carboxylic acids is 1. The number of ether oxygens (including phenoxy) is 1. The molecule has 0 saturated heterocycles. The van der Waals surface area contributed by atoms with E-state index in [1.807, 2.05) is 43.3 Å². The van der Waals surface area contributed by atoms with Gasteiger partial charge >= 0.3 is 5.97 Å². The van der Waals surface area contributed by atoms with Crippen LogP contribution in [0.1, 0.15) is 34.4 Å². The number of aryl methyl sites for hydroxylation is 3. The molecule has 0 atom stereocenters. The third kappa shape index (κ3) is 4.23. The molecule has 2 heterocycles. The van der Waals surface area contributed by atoms with Crippen molar-refractivity contribution in [2.75, 3.05) is 7.11 Å². The molecule has 4 nitrogen and oxygen atoms in total. The van der Waals surface area contributed by atoms with Gasteiger partial charge in [0.25, 0.3) is 0 Å². The molecule has 2 aromatic heterocycles. The number of halogens is 1. The van der Waals surface area contributed by atoms with E-state index < -0.39 is 5.97 Å². The van der Waals surface area contributed by atoms with Crippen molar-refractivity contribution in [3.63, 3.8) is 0 Å². The van der Waals surface area contributed by atoms with E-state index in [4.69, 9.17) is 9.72 Å². The SMILES string of the molecule is COc1ccc(C)cc1-c1nc2sc3c(c2c(-c2ccccc2)c1CC(=O)O)CCCC3.[Cl-]. The number of carbonyl (C=O) groups is 1. The summed E-state index contributed by atoms with van der Waals surface area (Å²) in [4.78, 5) is 19.6. The topological polar surface area (TPSA) is 59.4 Å². The molecule has 5 rings (SSSR count). The number of pyridine rings is 1. The van der Waals surface area contributed by atoms with Crippen molar-refractivity contribution in [2.24, 2.45) is 0 Å². The molecule has 1 N–H and O–H groups in total. The van der Waals surface area contributed by atoms with Crippen LogP contribution >= 0.6 is 11.3 Å². The van der Waals surface area contributed by atoms with Crippen LogP contribution in [0, 0.1) is 6.92 Å². The highest BCUT2D eigenvalue weighted by molar-refractivity contribution is 7.19. The van der Waals surface area contributed by atoms with Gasteiger partial charge in [-0.25, -0.2) is 4.98 Å². The Morgan fingerprint density at radius 1 is 1.12 bits per heavy atom. The van der Waals surface area contributed by atoms with Gasteiger partial charge in [0.1, 0.15) is 10.6 Å². The van der Waals surface area contributed by atoms with E-state index in [1.54, 1.807) is 18.4 Å². The second-order valence-corrected chi connectivity index (χ2v) is 9.43. The largest absolute Gasteiger partial charge is 1.00 e. The summed E-state index contributed by atoms with van der Waals surface area (Å²) in [5.74, 6) is -0.158. The molecule has 0 fully saturated rings. The van der Waals surface area contributed by atoms with Gasteiger partial charge < -0.3 is 22.3 Å². The number of fused-ring (bicyclic) bond motifs is 3. The van der Waals surface area contributed by atoms with Crippen LogP contribution in [0.25, 0.3) is 32.6 Å². The van der Waals surface area contributed by atoms with Gasteiger partial charge in [0.2, 0.25) is 0 Å². The lowest BCUT2D eigenvalue weighted by Crippen LogP contribution is -3.00. The summed E-state index contributed by atoms with van der Waals surface area (Å²) < 4.78 is 5.67. The number of nitrogens with zero attached hydrogens (tertiary/aromatic N) is 1. The van der Waals surface area contributed by atoms with Gasteiger partial charge in [-0.2, -0.15) is 0 Å². The van der Waals surface area contributed by atoms with Crippen molar-refractivity contribution in [3.8, 4) is 28.1 Å². The molecular formula is C27H25ClNO3S-. The predicted octanol–water partition coefficient (Wildman–Crippen LogP) is 3.46. The van der Waals surface area contributed by atoms with E-state index in [9.17, 15) is 9.90 Å². The molecule has 0 saturated carbocycles. The highest BCUT2D eigenvalue weighted by Crippen LogP contribution is 2.46. The number of thiophene rings is 1. The summed E-state index contributed by atoms with van der Waals surface area (Å²) in [6, 6.07) is 16.1. The molecule has 170 valence electrons. The van der Waals surface area contributed by atoms with Crippen LogP contribution in [0.5, 0.6) is 5.75 Å². The molecule has 4 aromatic rings. The number of benzene rings is 2. The second kappa shape index (κ2) is 9.54. The second-order valence-electron chi connectivity index (χ2n) is 8.35. The summed E-state index contributed by atoms with van der Waals surface area (Å²) in [7, 11) is 1.64. The van der Waals surface area contributed by atoms with Gasteiger partial charge in [0.05, 0.1) is 19.2 Å². The fourth-order valence-corrected chi connectivity index (χ4v) is 6.07. The van der Waals surface area contributed by atoms with Crippen LogP contribution in [0.3, 0.4) is 0 Å². The fraction of sp³-hybridized carbons (Fsp3) is 0.259. The Balaban J connectivity index is 0.00000259. The van der Waals surface area contributed by atoms with E-state index in [1.165, 1.54) is 16.9 Å². The van der Waals surface area contributed by atoms with E-state index in [-0.39, 0.29) is 18.8 Å². The number of hydrogen-bond acceptors (Lipinski definition) is 4. The molecular weight excluding hydrogens is 454 g/mol. The Morgan fingerprint density at radius 3 is 2.61 bits per heavy atom. The van der Waals surface area contributed by atoms with E-state index in [0.717, 1.165) is 57.3 Å². The van der Waals surface area contributed by atoms with E-state index in [0.29, 0.717) is 11.4 Å². The first-order chi connectivity index (χ1) is 15.6. The van der Waals surface area contributed by atoms with Gasteiger partial charge in [-0.15, -0.1) is 11.3 Å². The number of aliphatic carboxylic acids is 1. The third-order valence-corrected chi connectivity index (χ3v) is 7.39. The molecule has 1 aliphatic rings. The maximum atomic E-state index is 12.1. The van der Waals surface area contributed by atoms with Crippen LogP contribution in [0.2, 0.25) is 0 Å². The van der Waals surface area contributed by atoms with Crippen LogP contribution < -0.4 is 17.1 Å². The Kier molecular flexibility index (Phi) is 6.73. The standard InChI is InChI=1S/C27H25NO3S.ClH/c1-16-12-13-21(31-2)19(14-16)26-20(15-23(29)30)24(17-8-4-3-5-9-17)25-18-10-6-7-11-22(18)32-27(25)28-26;/h3-5,8-9,12-14H,6-7,10-11,15H2,1-2H3,(H,29,30);1H/p-1. The van der Waals surface area contributed by atoms with Gasteiger partial charge in [0.15, 0.2) is 0 Å². The van der Waals surface area contributed by atoms with Crippen LogP contribution in [0.15, 0.2) is 48.5 Å². The van der Waals surface area contributed by atoms with Crippen molar-refractivity contribution >= 4 is 27.5 Å². The molecule has 6 heteroatoms. The van der Waals surface area contributed by atoms with Gasteiger partial charge in [-0.05, 0) is 67.0 Å². The van der Waals surface area contributed by atoms with E-state index >= 15 is 0 Å². The lowest BCUT2D eigenvalue weighted by molar-refractivity contribution is -0.136. The number of hydrogen-bond donors (Lipinski definition) is 1. The highest BCUT2D eigenvalue weighted by Gasteiger charge is 2.27. The minimum atomic E-state index is -0.861. The number of aromatic nitrogens is 1. The first-order valence-corrected chi connectivity index (χ1v) is 11.8. The van der Waals surface area contributed by atoms with Gasteiger partial charge in [0, 0.05) is 15.8 Å². The zero-order valence-corrected chi connectivity index (χ0v) is 20.2. The van der Waals surface area contributed by atoms with Gasteiger partial charge in [-0.3, -0.25) is 4.79 Å². The van der Waals surface area contributed by atoms with E-state index in [2.05, 4.69) is 12.1 Å². The van der Waals surface area contributed by atoms with Crippen LogP contribution in [-0.4, -0.2) is 23.2 Å². The predicted molar refractivity (Wildman–Crippen MR) is 130 cm³/mol. The first kappa shape index (κ1) is 23.3. The van der Waals surface area contributed by atoms with Crippen molar-refractivity contribution in [3.05, 3.63) is 70.1 Å². The lowest BCUT2D eigenvalue weighted by Gasteiger charge is -2.19. The Labute approximate surface area is 203 Å². The molecule has 0 spiro atoms. The number of rotatable bonds is 5. The number of methoxy groups -OCH3 is 1. The normalized spacial score (nSPS) is 12.8. The summed E-state index contributed by atoms with van der Waals surface area (Å²) in [5.41, 5.74) is 6.79. The maximum Gasteiger partial charge on any atom is 0.307 e. The van der Waals surface area contributed by atoms with Crippen molar-refractivity contribution in [1.82, 2.24) is 4.98 Å². The minimum Gasteiger partial charge on any atom is -1.00 e. The average molecular weight is 479 g/mol. The third-order valence-electron chi connectivity index (χ3n) is 6.20. The van der Waals surface area contributed by atoms with Crippen LogP contribution in [-0.2, 0) is 24.1 Å². The Bertz CT molecular complexity index is 1330. The molecule has 2 aromatic carbocycles.